The molecule has 0 aliphatic rings. The van der Waals surface area contributed by atoms with Gasteiger partial charge in [0.1, 0.15) is 6.10 Å². The molecule has 90 valence electrons. The predicted octanol–water partition coefficient (Wildman–Crippen LogP) is 4.17. The van der Waals surface area contributed by atoms with Gasteiger partial charge in [-0.3, -0.25) is 0 Å². The van der Waals surface area contributed by atoms with Crippen molar-refractivity contribution < 1.29 is 5.11 Å². The van der Waals surface area contributed by atoms with Crippen molar-refractivity contribution in [2.24, 2.45) is 0 Å². The Balaban J connectivity index is 2.07. The monoisotopic (exact) mass is 246 g/mol. The number of hydrogen-bond acceptors (Lipinski definition) is 2. The number of aliphatic hydroxyl groups excluding tert-OH is 1. The average molecular weight is 246 g/mol. The van der Waals surface area contributed by atoms with Crippen molar-refractivity contribution in [3.8, 4) is 0 Å². The average Bonchev–Trinajstić information content (AvgIpc) is 2.90. The molecular weight excluding hydrogens is 228 g/mol. The summed E-state index contributed by atoms with van der Waals surface area (Å²) in [5, 5.41) is 14.1. The van der Waals surface area contributed by atoms with Gasteiger partial charge in [0.25, 0.3) is 0 Å². The lowest BCUT2D eigenvalue weighted by atomic mass is 10.0. The molecule has 0 bridgehead atoms. The fourth-order valence-corrected chi connectivity index (χ4v) is 2.55. The summed E-state index contributed by atoms with van der Waals surface area (Å²) in [6.45, 7) is 2.20. The van der Waals surface area contributed by atoms with Crippen LogP contribution in [0.25, 0.3) is 0 Å². The summed E-state index contributed by atoms with van der Waals surface area (Å²) in [5.41, 5.74) is 3.31. The summed E-state index contributed by atoms with van der Waals surface area (Å²) in [4.78, 5) is 0. The molecule has 2 rings (SSSR count). The van der Waals surface area contributed by atoms with Gasteiger partial charge in [-0.2, -0.15) is 11.3 Å². The second-order valence-corrected chi connectivity index (χ2v) is 5.08. The van der Waals surface area contributed by atoms with Crippen LogP contribution in [-0.2, 0) is 6.42 Å². The molecule has 1 aromatic carbocycles. The third-order valence-electron chi connectivity index (χ3n) is 2.97. The first kappa shape index (κ1) is 12.3. The van der Waals surface area contributed by atoms with Gasteiger partial charge >= 0.3 is 0 Å². The van der Waals surface area contributed by atoms with Gasteiger partial charge in [0.05, 0.1) is 0 Å². The van der Waals surface area contributed by atoms with E-state index in [1.807, 2.05) is 29.0 Å². The van der Waals surface area contributed by atoms with Gasteiger partial charge in [0.2, 0.25) is 0 Å². The molecule has 1 N–H and O–H groups in total. The van der Waals surface area contributed by atoms with Crippen molar-refractivity contribution in [1.82, 2.24) is 0 Å². The maximum atomic E-state index is 10.2. The van der Waals surface area contributed by atoms with Gasteiger partial charge < -0.3 is 5.11 Å². The molecule has 0 radical (unpaired) electrons. The van der Waals surface area contributed by atoms with Crippen molar-refractivity contribution in [2.45, 2.75) is 32.3 Å². The van der Waals surface area contributed by atoms with E-state index in [0.29, 0.717) is 0 Å². The van der Waals surface area contributed by atoms with E-state index in [9.17, 15) is 5.11 Å². The van der Waals surface area contributed by atoms with Gasteiger partial charge in [-0.1, -0.05) is 37.6 Å². The topological polar surface area (TPSA) is 20.2 Å². The van der Waals surface area contributed by atoms with Crippen molar-refractivity contribution in [3.63, 3.8) is 0 Å². The molecule has 0 saturated carbocycles. The summed E-state index contributed by atoms with van der Waals surface area (Å²) in [6, 6.07) is 10.3. The minimum Gasteiger partial charge on any atom is -0.384 e. The highest BCUT2D eigenvalue weighted by atomic mass is 32.1. The van der Waals surface area contributed by atoms with Gasteiger partial charge in [-0.25, -0.2) is 0 Å². The number of thiophene rings is 1. The molecule has 1 aromatic heterocycles. The lowest BCUT2D eigenvalue weighted by Gasteiger charge is -2.10. The summed E-state index contributed by atoms with van der Waals surface area (Å²) < 4.78 is 0. The summed E-state index contributed by atoms with van der Waals surface area (Å²) in [5.74, 6) is 0. The second kappa shape index (κ2) is 5.99. The van der Waals surface area contributed by atoms with E-state index >= 15 is 0 Å². The zero-order chi connectivity index (χ0) is 12.1. The van der Waals surface area contributed by atoms with Crippen LogP contribution in [0.4, 0.5) is 0 Å². The number of rotatable bonds is 5. The minimum atomic E-state index is -0.485. The maximum Gasteiger partial charge on any atom is 0.105 e. The molecule has 0 unspecified atom stereocenters. The van der Waals surface area contributed by atoms with Crippen LogP contribution in [0.1, 0.15) is 42.6 Å². The molecular formula is C15H18OS. The third kappa shape index (κ3) is 3.18. The second-order valence-electron chi connectivity index (χ2n) is 4.30. The van der Waals surface area contributed by atoms with Gasteiger partial charge in [-0.05, 0) is 46.4 Å². The van der Waals surface area contributed by atoms with Crippen molar-refractivity contribution in [1.29, 1.82) is 0 Å². The number of unbranched alkanes of at least 4 members (excludes halogenated alkanes) is 1. The number of hydrogen-bond donors (Lipinski definition) is 1. The third-order valence-corrected chi connectivity index (χ3v) is 3.67. The Bertz CT molecular complexity index is 430. The molecule has 17 heavy (non-hydrogen) atoms. The van der Waals surface area contributed by atoms with E-state index in [1.54, 1.807) is 11.3 Å². The van der Waals surface area contributed by atoms with Crippen LogP contribution in [0.2, 0.25) is 0 Å². The molecule has 0 spiro atoms. The Morgan fingerprint density at radius 3 is 2.47 bits per heavy atom. The first-order valence-corrected chi connectivity index (χ1v) is 7.04. The quantitative estimate of drug-likeness (QED) is 0.839. The number of aryl methyl sites for hydroxylation is 1. The number of benzene rings is 1. The molecule has 2 aromatic rings. The first-order chi connectivity index (χ1) is 8.31. The molecule has 2 heteroatoms. The Kier molecular flexibility index (Phi) is 4.35. The van der Waals surface area contributed by atoms with Gasteiger partial charge in [-0.15, -0.1) is 0 Å². The van der Waals surface area contributed by atoms with E-state index in [-0.39, 0.29) is 0 Å². The van der Waals surface area contributed by atoms with Crippen molar-refractivity contribution >= 4 is 11.3 Å². The zero-order valence-electron chi connectivity index (χ0n) is 10.1. The maximum absolute atomic E-state index is 10.2. The Labute approximate surface area is 107 Å². The van der Waals surface area contributed by atoms with Crippen LogP contribution in [0.3, 0.4) is 0 Å². The van der Waals surface area contributed by atoms with E-state index in [2.05, 4.69) is 19.1 Å². The highest BCUT2D eigenvalue weighted by Gasteiger charge is 2.10. The van der Waals surface area contributed by atoms with Gasteiger partial charge in [0, 0.05) is 0 Å². The smallest absolute Gasteiger partial charge is 0.105 e. The highest BCUT2D eigenvalue weighted by Crippen LogP contribution is 2.24. The molecule has 0 fully saturated rings. The molecule has 1 heterocycles. The van der Waals surface area contributed by atoms with E-state index < -0.39 is 6.10 Å². The Morgan fingerprint density at radius 1 is 1.12 bits per heavy atom. The van der Waals surface area contributed by atoms with Crippen LogP contribution in [0.5, 0.6) is 0 Å². The standard InChI is InChI=1S/C15H18OS/c1-2-3-4-12-5-7-13(8-6-12)15(16)14-9-10-17-11-14/h5-11,15-16H,2-4H2,1H3/t15-/m1/s1. The lowest BCUT2D eigenvalue weighted by Crippen LogP contribution is -1.98. The summed E-state index contributed by atoms with van der Waals surface area (Å²) >= 11 is 1.62. The van der Waals surface area contributed by atoms with Crippen molar-refractivity contribution in [3.05, 3.63) is 57.8 Å². The molecule has 0 aliphatic heterocycles. The van der Waals surface area contributed by atoms with Crippen molar-refractivity contribution in [2.75, 3.05) is 0 Å². The largest absolute Gasteiger partial charge is 0.384 e. The van der Waals surface area contributed by atoms with Crippen LogP contribution in [-0.4, -0.2) is 5.11 Å². The normalized spacial score (nSPS) is 12.6. The van der Waals surface area contributed by atoms with Crippen LogP contribution in [0.15, 0.2) is 41.1 Å². The van der Waals surface area contributed by atoms with E-state index in [1.165, 1.54) is 18.4 Å². The molecule has 0 aliphatic carbocycles. The Hall–Kier alpha value is -1.12. The minimum absolute atomic E-state index is 0.485. The molecule has 1 nitrogen and oxygen atoms in total. The fourth-order valence-electron chi connectivity index (χ4n) is 1.87. The van der Waals surface area contributed by atoms with Crippen LogP contribution < -0.4 is 0 Å². The van der Waals surface area contributed by atoms with Crippen LogP contribution in [0, 0.1) is 0 Å². The highest BCUT2D eigenvalue weighted by molar-refractivity contribution is 7.07. The van der Waals surface area contributed by atoms with Gasteiger partial charge in [0.15, 0.2) is 0 Å². The molecule has 1 atom stereocenters. The van der Waals surface area contributed by atoms with E-state index in [0.717, 1.165) is 17.5 Å². The molecule has 0 saturated heterocycles. The lowest BCUT2D eigenvalue weighted by molar-refractivity contribution is 0.221. The first-order valence-electron chi connectivity index (χ1n) is 6.10. The molecule has 0 amide bonds. The fraction of sp³-hybridized carbons (Fsp3) is 0.333. The predicted molar refractivity (Wildman–Crippen MR) is 73.4 cm³/mol. The SMILES string of the molecule is CCCCc1ccc([C@@H](O)c2ccsc2)cc1. The summed E-state index contributed by atoms with van der Waals surface area (Å²) in [7, 11) is 0. The number of aliphatic hydroxyl groups is 1. The van der Waals surface area contributed by atoms with E-state index in [4.69, 9.17) is 0 Å². The zero-order valence-corrected chi connectivity index (χ0v) is 10.9. The van der Waals surface area contributed by atoms with Crippen LogP contribution >= 0.6 is 11.3 Å². The summed E-state index contributed by atoms with van der Waals surface area (Å²) in [6.07, 6.45) is 3.10. The Morgan fingerprint density at radius 2 is 1.88 bits per heavy atom.